The molecule has 1 saturated carbocycles. The van der Waals surface area contributed by atoms with Crippen molar-refractivity contribution >= 4 is 48.1 Å². The molecular weight excluding hydrogens is 781 g/mol. The summed E-state index contributed by atoms with van der Waals surface area (Å²) in [5, 5.41) is 11.1. The van der Waals surface area contributed by atoms with E-state index in [2.05, 4.69) is 61.0 Å². The van der Waals surface area contributed by atoms with Gasteiger partial charge in [0.15, 0.2) is 5.78 Å². The van der Waals surface area contributed by atoms with E-state index in [9.17, 15) is 24.0 Å². The highest BCUT2D eigenvalue weighted by Crippen LogP contribution is 2.38. The number of amides is 4. The molecule has 0 aromatic heterocycles. The Bertz CT molecular complexity index is 1880. The van der Waals surface area contributed by atoms with E-state index in [-0.39, 0.29) is 46.8 Å². The third-order valence-electron chi connectivity index (χ3n) is 13.2. The third-order valence-corrected chi connectivity index (χ3v) is 18.2. The molecule has 5 atom stereocenters. The SMILES string of the molecule is CC[C@H](O[Si](c1ccccc1)(c1ccccc1)C(C)(C)C)C(=O)CCCCC[C@@H]1NC(=O)[C@H]2CCCN2C(=O)[C@H](Cc2ccccc2)NC(=O)[C@@H](CC2CCCCC2)NC1=O. The Hall–Kier alpha value is -4.61. The second-order valence-corrected chi connectivity index (χ2v) is 22.8. The summed E-state index contributed by atoms with van der Waals surface area (Å²) in [6.45, 7) is 9.05. The first kappa shape index (κ1) is 45.9. The van der Waals surface area contributed by atoms with Gasteiger partial charge >= 0.3 is 0 Å². The molecule has 0 unspecified atom stereocenters. The van der Waals surface area contributed by atoms with E-state index in [1.54, 1.807) is 4.90 Å². The summed E-state index contributed by atoms with van der Waals surface area (Å²) in [4.78, 5) is 72.2. The average Bonchev–Trinajstić information content (AvgIpc) is 3.76. The highest BCUT2D eigenvalue weighted by atomic mass is 28.4. The number of unbranched alkanes of at least 4 members (excludes halogenated alkanes) is 2. The zero-order valence-electron chi connectivity index (χ0n) is 36.8. The number of hydrogen-bond acceptors (Lipinski definition) is 6. The molecule has 61 heavy (non-hydrogen) atoms. The molecule has 2 heterocycles. The summed E-state index contributed by atoms with van der Waals surface area (Å²) >= 11 is 0. The topological polar surface area (TPSA) is 134 Å². The normalized spacial score (nSPS) is 22.6. The fourth-order valence-corrected chi connectivity index (χ4v) is 14.6. The molecule has 328 valence electrons. The number of ketones is 1. The summed E-state index contributed by atoms with van der Waals surface area (Å²) in [6.07, 6.45) is 9.76. The van der Waals surface area contributed by atoms with Gasteiger partial charge < -0.3 is 25.3 Å². The molecule has 0 spiro atoms. The fourth-order valence-electron chi connectivity index (χ4n) is 9.89. The number of Topliss-reactive ketones (excluding diaryl/α,β-unsaturated/α-hetero) is 1. The van der Waals surface area contributed by atoms with Crippen molar-refractivity contribution in [1.29, 1.82) is 0 Å². The van der Waals surface area contributed by atoms with Crippen molar-refractivity contribution in [3.63, 3.8) is 0 Å². The van der Waals surface area contributed by atoms with Crippen molar-refractivity contribution in [1.82, 2.24) is 20.9 Å². The van der Waals surface area contributed by atoms with Crippen molar-refractivity contribution in [3.8, 4) is 0 Å². The maximum absolute atomic E-state index is 14.2. The van der Waals surface area contributed by atoms with E-state index in [1.165, 1.54) is 0 Å². The summed E-state index contributed by atoms with van der Waals surface area (Å²) < 4.78 is 7.21. The minimum atomic E-state index is -2.93. The molecule has 0 bridgehead atoms. The molecule has 3 aromatic carbocycles. The van der Waals surface area contributed by atoms with E-state index in [4.69, 9.17) is 4.43 Å². The lowest BCUT2D eigenvalue weighted by molar-refractivity contribution is -0.143. The van der Waals surface area contributed by atoms with Crippen LogP contribution in [0, 0.1) is 5.92 Å². The second-order valence-electron chi connectivity index (χ2n) is 18.5. The Morgan fingerprint density at radius 3 is 1.89 bits per heavy atom. The van der Waals surface area contributed by atoms with Crippen molar-refractivity contribution in [2.24, 2.45) is 5.92 Å². The van der Waals surface area contributed by atoms with Crippen molar-refractivity contribution in [2.75, 3.05) is 6.54 Å². The van der Waals surface area contributed by atoms with Gasteiger partial charge in [0.2, 0.25) is 23.6 Å². The monoisotopic (exact) mass is 848 g/mol. The lowest BCUT2D eigenvalue weighted by Crippen LogP contribution is -2.68. The molecule has 3 aliphatic rings. The van der Waals surface area contributed by atoms with Crippen LogP contribution in [-0.4, -0.2) is 79.4 Å². The Morgan fingerprint density at radius 1 is 0.705 bits per heavy atom. The minimum Gasteiger partial charge on any atom is -0.397 e. The molecule has 1 aliphatic carbocycles. The van der Waals surface area contributed by atoms with Gasteiger partial charge in [0.25, 0.3) is 8.32 Å². The van der Waals surface area contributed by atoms with Gasteiger partial charge in [-0.3, -0.25) is 24.0 Å². The summed E-state index contributed by atoms with van der Waals surface area (Å²) in [6, 6.07) is 27.0. The molecular formula is C50H68N4O6Si. The lowest BCUT2D eigenvalue weighted by Gasteiger charge is -2.44. The van der Waals surface area contributed by atoms with E-state index in [0.717, 1.165) is 48.0 Å². The number of fused-ring (bicyclic) bond motifs is 1. The fraction of sp³-hybridized carbons (Fsp3) is 0.540. The zero-order chi connectivity index (χ0) is 43.4. The second kappa shape index (κ2) is 21.5. The number of carbonyl (C=O) groups is 5. The van der Waals surface area contributed by atoms with Crippen LogP contribution in [0.15, 0.2) is 91.0 Å². The molecule has 2 aliphatic heterocycles. The Balaban J connectivity index is 1.14. The molecule has 10 nitrogen and oxygen atoms in total. The van der Waals surface area contributed by atoms with Crippen LogP contribution in [0.3, 0.4) is 0 Å². The highest BCUT2D eigenvalue weighted by molar-refractivity contribution is 6.99. The lowest BCUT2D eigenvalue weighted by atomic mass is 9.84. The molecule has 6 rings (SSSR count). The maximum Gasteiger partial charge on any atom is 0.262 e. The summed E-state index contributed by atoms with van der Waals surface area (Å²) in [7, 11) is -2.93. The molecule has 4 amide bonds. The Labute approximate surface area is 364 Å². The zero-order valence-corrected chi connectivity index (χ0v) is 37.8. The largest absolute Gasteiger partial charge is 0.397 e. The van der Waals surface area contributed by atoms with Gasteiger partial charge in [-0.25, -0.2) is 0 Å². The average molecular weight is 849 g/mol. The van der Waals surface area contributed by atoms with Gasteiger partial charge in [-0.05, 0) is 65.4 Å². The van der Waals surface area contributed by atoms with Crippen LogP contribution >= 0.6 is 0 Å². The van der Waals surface area contributed by atoms with Crippen LogP contribution in [0.4, 0.5) is 0 Å². The van der Waals surface area contributed by atoms with Gasteiger partial charge in [-0.1, -0.05) is 164 Å². The van der Waals surface area contributed by atoms with Gasteiger partial charge in [0.05, 0.1) is 0 Å². The summed E-state index contributed by atoms with van der Waals surface area (Å²) in [5.41, 5.74) is 0.903. The number of benzene rings is 3. The molecule has 2 saturated heterocycles. The number of rotatable bonds is 16. The van der Waals surface area contributed by atoms with E-state index in [0.29, 0.717) is 64.3 Å². The molecule has 3 N–H and O–H groups in total. The predicted octanol–water partition coefficient (Wildman–Crippen LogP) is 6.53. The molecule has 3 aromatic rings. The van der Waals surface area contributed by atoms with Gasteiger partial charge in [-0.2, -0.15) is 0 Å². The maximum atomic E-state index is 14.2. The van der Waals surface area contributed by atoms with Crippen molar-refractivity contribution in [3.05, 3.63) is 96.6 Å². The van der Waals surface area contributed by atoms with Crippen LogP contribution in [0.25, 0.3) is 0 Å². The standard InChI is InChI=1S/C50H68N4O6Si/c1-5-45(60-61(50(2,3)4,38-26-15-8-16-27-38)39-28-17-9-18-29-39)44(55)32-20-10-19-30-40-46(56)52-41(34-36-22-11-6-12-23-36)47(57)53-42(35-37-24-13-7-14-25-37)49(59)54-33-21-31-43(54)48(58)51-40/h7-9,13-18,24-29,36,40-43,45H,5-6,10-12,19-23,30-35H2,1-4H3,(H,51,58)(H,52,56)(H,53,57)/t40-,41+,42-,43+,45-/m0/s1. The highest BCUT2D eigenvalue weighted by Gasteiger charge is 2.52. The smallest absolute Gasteiger partial charge is 0.262 e. The summed E-state index contributed by atoms with van der Waals surface area (Å²) in [5.74, 6) is -1.02. The van der Waals surface area contributed by atoms with Crippen LogP contribution in [0.2, 0.25) is 5.04 Å². The van der Waals surface area contributed by atoms with Crippen LogP contribution < -0.4 is 26.3 Å². The van der Waals surface area contributed by atoms with Gasteiger partial charge in [0.1, 0.15) is 30.3 Å². The van der Waals surface area contributed by atoms with Gasteiger partial charge in [0, 0.05) is 19.4 Å². The Kier molecular flexibility index (Phi) is 16.1. The van der Waals surface area contributed by atoms with E-state index < -0.39 is 38.6 Å². The molecule has 0 radical (unpaired) electrons. The number of nitrogens with zero attached hydrogens (tertiary/aromatic N) is 1. The molecule has 11 heteroatoms. The first-order valence-corrected chi connectivity index (χ1v) is 24.9. The first-order chi connectivity index (χ1) is 29.4. The molecule has 3 fully saturated rings. The van der Waals surface area contributed by atoms with Crippen LogP contribution in [0.1, 0.15) is 123 Å². The van der Waals surface area contributed by atoms with E-state index in [1.807, 2.05) is 73.7 Å². The van der Waals surface area contributed by atoms with E-state index >= 15 is 0 Å². The quantitative estimate of drug-likeness (QED) is 0.111. The van der Waals surface area contributed by atoms with Gasteiger partial charge in [-0.15, -0.1) is 0 Å². The van der Waals surface area contributed by atoms with Crippen LogP contribution in [-0.2, 0) is 34.8 Å². The van der Waals surface area contributed by atoms with Crippen molar-refractivity contribution < 1.29 is 28.4 Å². The minimum absolute atomic E-state index is 0.0701. The third kappa shape index (κ3) is 11.5. The number of carbonyl (C=O) groups excluding carboxylic acids is 5. The predicted molar refractivity (Wildman–Crippen MR) is 243 cm³/mol. The van der Waals surface area contributed by atoms with Crippen LogP contribution in [0.5, 0.6) is 0 Å². The number of hydrogen-bond donors (Lipinski definition) is 3. The van der Waals surface area contributed by atoms with Crippen molar-refractivity contribution in [2.45, 2.75) is 159 Å². The number of nitrogens with one attached hydrogen (secondary N) is 3. The Morgan fingerprint density at radius 2 is 1.28 bits per heavy atom. The first-order valence-electron chi connectivity index (χ1n) is 23.0.